The lowest BCUT2D eigenvalue weighted by molar-refractivity contribution is -0.118. The van der Waals surface area contributed by atoms with Crippen molar-refractivity contribution in [3.8, 4) is 0 Å². The van der Waals surface area contributed by atoms with Crippen LogP contribution >= 0.6 is 11.6 Å². The average Bonchev–Trinajstić information content (AvgIpc) is 3.29. The van der Waals surface area contributed by atoms with Crippen LogP contribution in [0.15, 0.2) is 48.5 Å². The smallest absolute Gasteiger partial charge is 0.235 e. The molecular weight excluding hydrogens is 296 g/mol. The highest BCUT2D eigenvalue weighted by Gasteiger charge is 2.51. The van der Waals surface area contributed by atoms with Gasteiger partial charge in [0.2, 0.25) is 5.91 Å². The number of hydrogen-bond acceptors (Lipinski definition) is 2. The van der Waals surface area contributed by atoms with Gasteiger partial charge in [0.15, 0.2) is 0 Å². The fourth-order valence-electron chi connectivity index (χ4n) is 2.65. The molecule has 0 unspecified atom stereocenters. The Labute approximate surface area is 135 Å². The summed E-state index contributed by atoms with van der Waals surface area (Å²) in [6.45, 7) is 0. The third kappa shape index (κ3) is 2.81. The monoisotopic (exact) mass is 314 g/mol. The highest BCUT2D eigenvalue weighted by Crippen LogP contribution is 2.49. The summed E-state index contributed by atoms with van der Waals surface area (Å²) >= 11 is 6.05. The molecule has 2 aromatic carbocycles. The normalized spacial score (nSPS) is 15.2. The molecule has 0 aromatic heterocycles. The Hall–Kier alpha value is -2.00. The Kier molecular flexibility index (Phi) is 3.83. The molecule has 4 heteroatoms. The molecule has 22 heavy (non-hydrogen) atoms. The van der Waals surface area contributed by atoms with Crippen LogP contribution in [-0.4, -0.2) is 20.0 Å². The van der Waals surface area contributed by atoms with Gasteiger partial charge in [0.1, 0.15) is 0 Å². The minimum atomic E-state index is -0.412. The van der Waals surface area contributed by atoms with E-state index in [1.165, 1.54) is 0 Å². The van der Waals surface area contributed by atoms with Crippen LogP contribution in [0.1, 0.15) is 18.4 Å². The van der Waals surface area contributed by atoms with Gasteiger partial charge >= 0.3 is 0 Å². The van der Waals surface area contributed by atoms with E-state index in [4.69, 9.17) is 11.6 Å². The van der Waals surface area contributed by atoms with Crippen molar-refractivity contribution in [1.82, 2.24) is 0 Å². The lowest BCUT2D eigenvalue weighted by Crippen LogP contribution is -2.27. The van der Waals surface area contributed by atoms with E-state index in [2.05, 4.69) is 5.32 Å². The number of amides is 1. The Morgan fingerprint density at radius 3 is 2.36 bits per heavy atom. The first-order chi connectivity index (χ1) is 10.5. The third-order valence-electron chi connectivity index (χ3n) is 4.20. The van der Waals surface area contributed by atoms with Crippen LogP contribution in [0.25, 0.3) is 0 Å². The van der Waals surface area contributed by atoms with Gasteiger partial charge in [-0.3, -0.25) is 4.79 Å². The summed E-state index contributed by atoms with van der Waals surface area (Å²) in [5, 5.41) is 3.70. The average molecular weight is 315 g/mol. The van der Waals surface area contributed by atoms with Crippen molar-refractivity contribution in [2.75, 3.05) is 24.3 Å². The van der Waals surface area contributed by atoms with Gasteiger partial charge in [0.25, 0.3) is 0 Å². The maximum atomic E-state index is 12.7. The summed E-state index contributed by atoms with van der Waals surface area (Å²) in [7, 11) is 3.98. The Balaban J connectivity index is 1.77. The largest absolute Gasteiger partial charge is 0.378 e. The van der Waals surface area contributed by atoms with Crippen molar-refractivity contribution in [3.63, 3.8) is 0 Å². The summed E-state index contributed by atoms with van der Waals surface area (Å²) in [5.41, 5.74) is 2.52. The van der Waals surface area contributed by atoms with Gasteiger partial charge in [0.05, 0.1) is 5.41 Å². The van der Waals surface area contributed by atoms with Crippen LogP contribution in [-0.2, 0) is 10.2 Å². The van der Waals surface area contributed by atoms with Crippen LogP contribution in [0.5, 0.6) is 0 Å². The highest BCUT2D eigenvalue weighted by molar-refractivity contribution is 6.30. The van der Waals surface area contributed by atoms with Crippen LogP contribution in [0.3, 0.4) is 0 Å². The quantitative estimate of drug-likeness (QED) is 0.922. The van der Waals surface area contributed by atoms with Gasteiger partial charge < -0.3 is 10.2 Å². The zero-order valence-corrected chi connectivity index (χ0v) is 13.5. The number of carbonyl (C=O) groups excluding carboxylic acids is 1. The van der Waals surface area contributed by atoms with Crippen LogP contribution in [0.2, 0.25) is 5.02 Å². The van der Waals surface area contributed by atoms with E-state index in [-0.39, 0.29) is 5.91 Å². The second-order valence-corrected chi connectivity index (χ2v) is 6.42. The minimum absolute atomic E-state index is 0.0485. The lowest BCUT2D eigenvalue weighted by Gasteiger charge is -2.17. The Bertz CT molecular complexity index is 690. The standard InChI is InChI=1S/C18H19ClN2O/c1-21(2)16-8-6-15(7-9-16)20-17(22)18(10-11-18)13-4-3-5-14(19)12-13/h3-9,12H,10-11H2,1-2H3,(H,20,22). The molecule has 3 nitrogen and oxygen atoms in total. The van der Waals surface area contributed by atoms with Crippen molar-refractivity contribution in [3.05, 3.63) is 59.1 Å². The molecule has 0 atom stereocenters. The van der Waals surface area contributed by atoms with E-state index in [1.54, 1.807) is 0 Å². The lowest BCUT2D eigenvalue weighted by atomic mass is 9.95. The number of nitrogens with one attached hydrogen (secondary N) is 1. The number of nitrogens with zero attached hydrogens (tertiary/aromatic N) is 1. The first kappa shape index (κ1) is 14.9. The number of halogens is 1. The second kappa shape index (κ2) is 5.65. The molecule has 1 aliphatic carbocycles. The third-order valence-corrected chi connectivity index (χ3v) is 4.44. The minimum Gasteiger partial charge on any atom is -0.378 e. The molecule has 1 N–H and O–H groups in total. The predicted octanol–water partition coefficient (Wildman–Crippen LogP) is 4.08. The second-order valence-electron chi connectivity index (χ2n) is 5.99. The zero-order valence-electron chi connectivity index (χ0n) is 12.8. The van der Waals surface area contributed by atoms with E-state index in [0.29, 0.717) is 5.02 Å². The summed E-state index contributed by atoms with van der Waals surface area (Å²) in [5.74, 6) is 0.0485. The molecular formula is C18H19ClN2O. The Morgan fingerprint density at radius 2 is 1.82 bits per heavy atom. The molecule has 0 saturated heterocycles. The maximum Gasteiger partial charge on any atom is 0.235 e. The van der Waals surface area contributed by atoms with Crippen LogP contribution < -0.4 is 10.2 Å². The van der Waals surface area contributed by atoms with E-state index in [0.717, 1.165) is 29.8 Å². The summed E-state index contributed by atoms with van der Waals surface area (Å²) in [6.07, 6.45) is 1.74. The molecule has 1 fully saturated rings. The molecule has 0 radical (unpaired) electrons. The maximum absolute atomic E-state index is 12.7. The van der Waals surface area contributed by atoms with Gasteiger partial charge in [-0.2, -0.15) is 0 Å². The van der Waals surface area contributed by atoms with E-state index < -0.39 is 5.41 Å². The van der Waals surface area contributed by atoms with Crippen LogP contribution in [0.4, 0.5) is 11.4 Å². The first-order valence-corrected chi connectivity index (χ1v) is 7.74. The Morgan fingerprint density at radius 1 is 1.14 bits per heavy atom. The number of benzene rings is 2. The van der Waals surface area contributed by atoms with Gasteiger partial charge in [0, 0.05) is 30.5 Å². The van der Waals surface area contributed by atoms with Crippen molar-refractivity contribution < 1.29 is 4.79 Å². The molecule has 1 aliphatic rings. The van der Waals surface area contributed by atoms with Gasteiger partial charge in [-0.05, 0) is 54.8 Å². The molecule has 0 spiro atoms. The summed E-state index contributed by atoms with van der Waals surface area (Å²) in [4.78, 5) is 14.7. The molecule has 114 valence electrons. The molecule has 3 rings (SSSR count). The van der Waals surface area contributed by atoms with E-state index >= 15 is 0 Å². The van der Waals surface area contributed by atoms with Crippen molar-refractivity contribution in [2.45, 2.75) is 18.3 Å². The topological polar surface area (TPSA) is 32.3 Å². The predicted molar refractivity (Wildman–Crippen MR) is 91.8 cm³/mol. The fraction of sp³-hybridized carbons (Fsp3) is 0.278. The zero-order chi connectivity index (χ0) is 15.7. The SMILES string of the molecule is CN(C)c1ccc(NC(=O)C2(c3cccc(Cl)c3)CC2)cc1. The number of carbonyl (C=O) groups is 1. The van der Waals surface area contributed by atoms with Gasteiger partial charge in [-0.1, -0.05) is 23.7 Å². The summed E-state index contributed by atoms with van der Waals surface area (Å²) < 4.78 is 0. The van der Waals surface area contributed by atoms with Crippen molar-refractivity contribution >= 4 is 28.9 Å². The number of anilines is 2. The molecule has 1 saturated carbocycles. The van der Waals surface area contributed by atoms with Gasteiger partial charge in [-0.25, -0.2) is 0 Å². The molecule has 0 heterocycles. The fourth-order valence-corrected chi connectivity index (χ4v) is 2.84. The van der Waals surface area contributed by atoms with Crippen molar-refractivity contribution in [2.24, 2.45) is 0 Å². The molecule has 2 aromatic rings. The summed E-state index contributed by atoms with van der Waals surface area (Å²) in [6, 6.07) is 15.5. The van der Waals surface area contributed by atoms with E-state index in [9.17, 15) is 4.79 Å². The number of rotatable bonds is 4. The van der Waals surface area contributed by atoms with Crippen LogP contribution in [0, 0.1) is 0 Å². The molecule has 0 aliphatic heterocycles. The molecule has 1 amide bonds. The first-order valence-electron chi connectivity index (χ1n) is 7.36. The highest BCUT2D eigenvalue weighted by atomic mass is 35.5. The van der Waals surface area contributed by atoms with Gasteiger partial charge in [-0.15, -0.1) is 0 Å². The van der Waals surface area contributed by atoms with E-state index in [1.807, 2.05) is 67.5 Å². The number of hydrogen-bond donors (Lipinski definition) is 1. The van der Waals surface area contributed by atoms with Crippen molar-refractivity contribution in [1.29, 1.82) is 0 Å². The molecule has 0 bridgehead atoms.